The second-order valence-electron chi connectivity index (χ2n) is 3.91. The Morgan fingerprint density at radius 3 is 2.41 bits per heavy atom. The third kappa shape index (κ3) is 4.13. The van der Waals surface area contributed by atoms with Crippen LogP contribution in [0.3, 0.4) is 0 Å². The summed E-state index contributed by atoms with van der Waals surface area (Å²) in [6, 6.07) is 3.40. The summed E-state index contributed by atoms with van der Waals surface area (Å²) in [5.74, 6) is -2.33. The molecule has 1 amide bonds. The van der Waals surface area contributed by atoms with Gasteiger partial charge in [-0.2, -0.15) is 0 Å². The van der Waals surface area contributed by atoms with Gasteiger partial charge in [-0.25, -0.2) is 8.78 Å². The predicted molar refractivity (Wildman–Crippen MR) is 62.8 cm³/mol. The fourth-order valence-electron chi connectivity index (χ4n) is 1.56. The fourth-order valence-corrected chi connectivity index (χ4v) is 1.56. The van der Waals surface area contributed by atoms with E-state index in [1.165, 1.54) is 6.07 Å². The van der Waals surface area contributed by atoms with Gasteiger partial charge in [0.25, 0.3) is 5.91 Å². The van der Waals surface area contributed by atoms with Crippen LogP contribution in [0.25, 0.3) is 0 Å². The zero-order chi connectivity index (χ0) is 12.7. The van der Waals surface area contributed by atoms with E-state index in [-0.39, 0.29) is 0 Å². The Bertz CT molecular complexity index is 359. The van der Waals surface area contributed by atoms with E-state index in [1.807, 2.05) is 0 Å². The molecule has 1 aromatic rings. The molecule has 1 N–H and O–H groups in total. The van der Waals surface area contributed by atoms with Crippen molar-refractivity contribution < 1.29 is 13.6 Å². The Kier molecular flexibility index (Phi) is 5.60. The first kappa shape index (κ1) is 13.6. The molecule has 2 nitrogen and oxygen atoms in total. The number of unbranched alkanes of at least 4 members (excludes halogenated alkanes) is 3. The van der Waals surface area contributed by atoms with Crippen molar-refractivity contribution in [1.82, 2.24) is 5.32 Å². The van der Waals surface area contributed by atoms with Crippen molar-refractivity contribution in [1.29, 1.82) is 0 Å². The number of carbonyl (C=O) groups is 1. The smallest absolute Gasteiger partial charge is 0.257 e. The highest BCUT2D eigenvalue weighted by atomic mass is 19.1. The summed E-state index contributed by atoms with van der Waals surface area (Å²) in [4.78, 5) is 11.5. The second kappa shape index (κ2) is 6.99. The van der Waals surface area contributed by atoms with Gasteiger partial charge in [0.15, 0.2) is 0 Å². The van der Waals surface area contributed by atoms with Crippen LogP contribution in [-0.4, -0.2) is 12.5 Å². The van der Waals surface area contributed by atoms with E-state index in [9.17, 15) is 13.6 Å². The van der Waals surface area contributed by atoms with Gasteiger partial charge in [0.1, 0.15) is 17.2 Å². The number of rotatable bonds is 6. The average molecular weight is 241 g/mol. The molecule has 0 heterocycles. The van der Waals surface area contributed by atoms with Crippen molar-refractivity contribution in [2.45, 2.75) is 32.6 Å². The Morgan fingerprint density at radius 1 is 1.18 bits per heavy atom. The third-order valence-electron chi connectivity index (χ3n) is 2.51. The normalized spacial score (nSPS) is 10.3. The van der Waals surface area contributed by atoms with E-state index in [0.29, 0.717) is 6.54 Å². The Hall–Kier alpha value is -1.45. The molecule has 0 aliphatic carbocycles. The number of hydrogen-bond donors (Lipinski definition) is 1. The first-order valence-corrected chi connectivity index (χ1v) is 5.89. The summed E-state index contributed by atoms with van der Waals surface area (Å²) in [7, 11) is 0. The number of benzene rings is 1. The van der Waals surface area contributed by atoms with Crippen molar-refractivity contribution in [2.24, 2.45) is 0 Å². The van der Waals surface area contributed by atoms with Crippen LogP contribution in [0, 0.1) is 11.6 Å². The molecule has 0 aliphatic rings. The lowest BCUT2D eigenvalue weighted by atomic mass is 10.1. The first-order valence-electron chi connectivity index (χ1n) is 5.89. The summed E-state index contributed by atoms with van der Waals surface area (Å²) in [5.41, 5.74) is -0.497. The van der Waals surface area contributed by atoms with Crippen LogP contribution in [0.15, 0.2) is 18.2 Å². The third-order valence-corrected chi connectivity index (χ3v) is 2.51. The minimum Gasteiger partial charge on any atom is -0.352 e. The lowest BCUT2D eigenvalue weighted by molar-refractivity contribution is 0.0944. The van der Waals surface area contributed by atoms with Gasteiger partial charge in [0, 0.05) is 6.54 Å². The molecule has 0 bridgehead atoms. The Labute approximate surface area is 100 Å². The summed E-state index contributed by atoms with van der Waals surface area (Å²) in [5, 5.41) is 2.52. The van der Waals surface area contributed by atoms with E-state index >= 15 is 0 Å². The molecule has 0 saturated carbocycles. The van der Waals surface area contributed by atoms with Crippen molar-refractivity contribution in [3.05, 3.63) is 35.4 Å². The van der Waals surface area contributed by atoms with Crippen molar-refractivity contribution in [2.75, 3.05) is 6.54 Å². The number of amides is 1. The number of nitrogens with one attached hydrogen (secondary N) is 1. The lowest BCUT2D eigenvalue weighted by Gasteiger charge is -2.06. The molecule has 0 aliphatic heterocycles. The lowest BCUT2D eigenvalue weighted by Crippen LogP contribution is -2.26. The number of hydrogen-bond acceptors (Lipinski definition) is 1. The Balaban J connectivity index is 2.47. The van der Waals surface area contributed by atoms with Crippen LogP contribution in [-0.2, 0) is 0 Å². The Morgan fingerprint density at radius 2 is 1.82 bits per heavy atom. The summed E-state index contributed by atoms with van der Waals surface area (Å²) < 4.78 is 26.5. The monoisotopic (exact) mass is 241 g/mol. The summed E-state index contributed by atoms with van der Waals surface area (Å²) in [6.45, 7) is 2.54. The minimum absolute atomic E-state index is 0.451. The molecule has 0 atom stereocenters. The van der Waals surface area contributed by atoms with Gasteiger partial charge >= 0.3 is 0 Å². The number of carbonyl (C=O) groups excluding carboxylic acids is 1. The molecule has 4 heteroatoms. The van der Waals surface area contributed by atoms with Crippen LogP contribution >= 0.6 is 0 Å². The molecule has 0 radical (unpaired) electrons. The van der Waals surface area contributed by atoms with E-state index in [2.05, 4.69) is 12.2 Å². The van der Waals surface area contributed by atoms with Gasteiger partial charge in [0.2, 0.25) is 0 Å². The molecule has 0 saturated heterocycles. The molecule has 1 rings (SSSR count). The molecule has 0 unspecified atom stereocenters. The van der Waals surface area contributed by atoms with Crippen molar-refractivity contribution in [3.8, 4) is 0 Å². The molecule has 94 valence electrons. The van der Waals surface area contributed by atoms with E-state index < -0.39 is 23.1 Å². The van der Waals surface area contributed by atoms with E-state index in [0.717, 1.165) is 37.8 Å². The molecule has 0 fully saturated rings. The summed E-state index contributed by atoms with van der Waals surface area (Å²) in [6.07, 6.45) is 4.05. The van der Waals surface area contributed by atoms with Gasteiger partial charge in [0.05, 0.1) is 0 Å². The standard InChI is InChI=1S/C13H17F2NO/c1-2-3-4-5-9-16-13(17)12-10(14)7-6-8-11(12)15/h6-8H,2-5,9H2,1H3,(H,16,17). The molecular formula is C13H17F2NO. The van der Waals surface area contributed by atoms with E-state index in [4.69, 9.17) is 0 Å². The average Bonchev–Trinajstić information content (AvgIpc) is 2.28. The van der Waals surface area contributed by atoms with Crippen LogP contribution in [0.1, 0.15) is 43.0 Å². The van der Waals surface area contributed by atoms with Crippen LogP contribution in [0.4, 0.5) is 8.78 Å². The highest BCUT2D eigenvalue weighted by Crippen LogP contribution is 2.11. The SMILES string of the molecule is CCCCCCNC(=O)c1c(F)cccc1F. The van der Waals surface area contributed by atoms with E-state index in [1.54, 1.807) is 0 Å². The van der Waals surface area contributed by atoms with Crippen LogP contribution in [0.5, 0.6) is 0 Å². The fraction of sp³-hybridized carbons (Fsp3) is 0.462. The van der Waals surface area contributed by atoms with Crippen LogP contribution < -0.4 is 5.32 Å². The molecule has 0 aromatic heterocycles. The van der Waals surface area contributed by atoms with Crippen LogP contribution in [0.2, 0.25) is 0 Å². The van der Waals surface area contributed by atoms with Gasteiger partial charge < -0.3 is 5.32 Å². The molecule has 0 spiro atoms. The highest BCUT2D eigenvalue weighted by molar-refractivity contribution is 5.94. The first-order chi connectivity index (χ1) is 8.16. The topological polar surface area (TPSA) is 29.1 Å². The maximum absolute atomic E-state index is 13.2. The van der Waals surface area contributed by atoms with Gasteiger partial charge in [-0.15, -0.1) is 0 Å². The maximum atomic E-state index is 13.2. The minimum atomic E-state index is -0.823. The van der Waals surface area contributed by atoms with Gasteiger partial charge in [-0.1, -0.05) is 32.3 Å². The molecule has 17 heavy (non-hydrogen) atoms. The maximum Gasteiger partial charge on any atom is 0.257 e. The van der Waals surface area contributed by atoms with Gasteiger partial charge in [-0.3, -0.25) is 4.79 Å². The number of halogens is 2. The van der Waals surface area contributed by atoms with Crippen molar-refractivity contribution in [3.63, 3.8) is 0 Å². The zero-order valence-corrected chi connectivity index (χ0v) is 9.93. The predicted octanol–water partition coefficient (Wildman–Crippen LogP) is 3.27. The van der Waals surface area contributed by atoms with Gasteiger partial charge in [-0.05, 0) is 18.6 Å². The summed E-state index contributed by atoms with van der Waals surface area (Å²) >= 11 is 0. The highest BCUT2D eigenvalue weighted by Gasteiger charge is 2.15. The molecule has 1 aromatic carbocycles. The second-order valence-corrected chi connectivity index (χ2v) is 3.91. The largest absolute Gasteiger partial charge is 0.352 e. The van der Waals surface area contributed by atoms with Crippen molar-refractivity contribution >= 4 is 5.91 Å². The quantitative estimate of drug-likeness (QED) is 0.761. The zero-order valence-electron chi connectivity index (χ0n) is 9.93. The molecular weight excluding hydrogens is 224 g/mol.